The first-order valence-electron chi connectivity index (χ1n) is 8.49. The van der Waals surface area contributed by atoms with Crippen LogP contribution in [0.5, 0.6) is 0 Å². The Labute approximate surface area is 140 Å². The van der Waals surface area contributed by atoms with Gasteiger partial charge in [0.1, 0.15) is 11.3 Å². The Morgan fingerprint density at radius 3 is 2.75 bits per heavy atom. The standard InChI is InChI=1S/C18H22N4O2/c1-13-5-2-3-6-14(13)17(8-9-17)16(23)22-10-4-7-18(24,12-22)15-11-19-21-20-15/h2-3,5-6,11,24H,4,7-10,12H2,1H3,(H,19,20,21)/t18-/m0/s1. The van der Waals surface area contributed by atoms with Gasteiger partial charge in [0, 0.05) is 6.54 Å². The molecule has 1 aliphatic heterocycles. The molecule has 1 aliphatic carbocycles. The minimum absolute atomic E-state index is 0.137. The van der Waals surface area contributed by atoms with E-state index in [2.05, 4.69) is 34.5 Å². The third-order valence-corrected chi connectivity index (χ3v) is 5.47. The Morgan fingerprint density at radius 2 is 2.08 bits per heavy atom. The van der Waals surface area contributed by atoms with Gasteiger partial charge in [-0.25, -0.2) is 0 Å². The van der Waals surface area contributed by atoms with E-state index in [-0.39, 0.29) is 12.5 Å². The van der Waals surface area contributed by atoms with Crippen LogP contribution in [0.3, 0.4) is 0 Å². The van der Waals surface area contributed by atoms with Crippen molar-refractivity contribution >= 4 is 5.91 Å². The number of aryl methyl sites for hydroxylation is 1. The quantitative estimate of drug-likeness (QED) is 0.898. The summed E-state index contributed by atoms with van der Waals surface area (Å²) < 4.78 is 0. The van der Waals surface area contributed by atoms with Crippen molar-refractivity contribution in [1.82, 2.24) is 20.3 Å². The monoisotopic (exact) mass is 326 g/mol. The minimum Gasteiger partial charge on any atom is -0.382 e. The molecule has 24 heavy (non-hydrogen) atoms. The highest BCUT2D eigenvalue weighted by Crippen LogP contribution is 2.51. The van der Waals surface area contributed by atoms with Gasteiger partial charge in [0.2, 0.25) is 5.91 Å². The molecule has 2 heterocycles. The Hall–Kier alpha value is -2.21. The number of likely N-dealkylation sites (tertiary alicyclic amines) is 1. The zero-order valence-corrected chi connectivity index (χ0v) is 13.8. The number of carbonyl (C=O) groups excluding carboxylic acids is 1. The molecular weight excluding hydrogens is 304 g/mol. The van der Waals surface area contributed by atoms with Gasteiger partial charge in [0.25, 0.3) is 0 Å². The van der Waals surface area contributed by atoms with Crippen molar-refractivity contribution in [3.05, 3.63) is 47.3 Å². The predicted octanol–water partition coefficient (Wildman–Crippen LogP) is 1.65. The van der Waals surface area contributed by atoms with Crippen molar-refractivity contribution in [1.29, 1.82) is 0 Å². The Morgan fingerprint density at radius 1 is 1.29 bits per heavy atom. The van der Waals surface area contributed by atoms with Crippen molar-refractivity contribution in [2.75, 3.05) is 13.1 Å². The Bertz CT molecular complexity index is 754. The van der Waals surface area contributed by atoms with Gasteiger partial charge >= 0.3 is 0 Å². The first-order chi connectivity index (χ1) is 11.6. The van der Waals surface area contributed by atoms with Crippen molar-refractivity contribution in [3.8, 4) is 0 Å². The number of amides is 1. The minimum atomic E-state index is -1.11. The number of H-pyrrole nitrogens is 1. The molecule has 6 heteroatoms. The SMILES string of the molecule is Cc1ccccc1C1(C(=O)N2CCC[C@@](O)(c3cn[nH]n3)C2)CC1. The lowest BCUT2D eigenvalue weighted by Crippen LogP contribution is -2.51. The van der Waals surface area contributed by atoms with Crippen LogP contribution >= 0.6 is 0 Å². The van der Waals surface area contributed by atoms with Crippen LogP contribution in [0.15, 0.2) is 30.5 Å². The number of aromatic nitrogens is 3. The maximum atomic E-state index is 13.3. The van der Waals surface area contributed by atoms with Gasteiger partial charge in [-0.3, -0.25) is 4.79 Å². The maximum Gasteiger partial charge on any atom is 0.233 e. The van der Waals surface area contributed by atoms with Gasteiger partial charge in [0.05, 0.1) is 18.2 Å². The predicted molar refractivity (Wildman–Crippen MR) is 88.2 cm³/mol. The average molecular weight is 326 g/mol. The summed E-state index contributed by atoms with van der Waals surface area (Å²) in [7, 11) is 0. The first kappa shape index (κ1) is 15.3. The fourth-order valence-electron chi connectivity index (χ4n) is 3.98. The summed E-state index contributed by atoms with van der Waals surface area (Å²) in [6.45, 7) is 3.03. The Balaban J connectivity index is 1.60. The van der Waals surface area contributed by atoms with E-state index in [1.165, 1.54) is 0 Å². The number of rotatable bonds is 3. The third kappa shape index (κ3) is 2.33. The molecule has 1 aromatic heterocycles. The van der Waals surface area contributed by atoms with E-state index in [0.717, 1.165) is 30.4 Å². The molecule has 0 bridgehead atoms. The third-order valence-electron chi connectivity index (χ3n) is 5.47. The highest BCUT2D eigenvalue weighted by molar-refractivity contribution is 5.92. The molecule has 4 rings (SSSR count). The summed E-state index contributed by atoms with van der Waals surface area (Å²) in [6, 6.07) is 8.12. The van der Waals surface area contributed by atoms with Gasteiger partial charge in [-0.15, -0.1) is 0 Å². The number of hydrogen-bond acceptors (Lipinski definition) is 4. The van der Waals surface area contributed by atoms with Gasteiger partial charge in [-0.05, 0) is 43.7 Å². The fraction of sp³-hybridized carbons (Fsp3) is 0.500. The number of aliphatic hydroxyl groups is 1. The van der Waals surface area contributed by atoms with Gasteiger partial charge in [-0.2, -0.15) is 15.4 Å². The topological polar surface area (TPSA) is 82.1 Å². The number of nitrogens with one attached hydrogen (secondary N) is 1. The van der Waals surface area contributed by atoms with Crippen LogP contribution in [0.1, 0.15) is 42.5 Å². The molecule has 2 N–H and O–H groups in total. The first-order valence-corrected chi connectivity index (χ1v) is 8.49. The smallest absolute Gasteiger partial charge is 0.233 e. The lowest BCUT2D eigenvalue weighted by Gasteiger charge is -2.39. The molecule has 2 aromatic rings. The number of β-amino-alcohol motifs (C(OH)–C–C–N with tert-alkyl or cyclic N) is 1. The molecule has 0 unspecified atom stereocenters. The number of benzene rings is 1. The van der Waals surface area contributed by atoms with E-state index in [9.17, 15) is 9.90 Å². The summed E-state index contributed by atoms with van der Waals surface area (Å²) in [5.74, 6) is 0.137. The summed E-state index contributed by atoms with van der Waals surface area (Å²) in [5, 5.41) is 21.3. The number of piperidine rings is 1. The highest BCUT2D eigenvalue weighted by Gasteiger charge is 2.55. The van der Waals surface area contributed by atoms with E-state index in [0.29, 0.717) is 18.7 Å². The molecular formula is C18H22N4O2. The molecule has 1 amide bonds. The molecule has 2 fully saturated rings. The summed E-state index contributed by atoms with van der Waals surface area (Å²) in [4.78, 5) is 15.1. The van der Waals surface area contributed by atoms with Crippen molar-refractivity contribution in [2.24, 2.45) is 0 Å². The van der Waals surface area contributed by atoms with Crippen molar-refractivity contribution in [2.45, 2.75) is 43.6 Å². The lowest BCUT2D eigenvalue weighted by atomic mass is 9.86. The molecule has 6 nitrogen and oxygen atoms in total. The highest BCUT2D eigenvalue weighted by atomic mass is 16.3. The second-order valence-electron chi connectivity index (χ2n) is 7.11. The van der Waals surface area contributed by atoms with Crippen LogP contribution < -0.4 is 0 Å². The van der Waals surface area contributed by atoms with Crippen molar-refractivity contribution in [3.63, 3.8) is 0 Å². The van der Waals surface area contributed by atoms with Crippen LogP contribution in [-0.2, 0) is 15.8 Å². The molecule has 126 valence electrons. The zero-order chi connectivity index (χ0) is 16.8. The van der Waals surface area contributed by atoms with Gasteiger partial charge in [-0.1, -0.05) is 24.3 Å². The fourth-order valence-corrected chi connectivity index (χ4v) is 3.98. The maximum absolute atomic E-state index is 13.3. The second kappa shape index (κ2) is 5.41. The van der Waals surface area contributed by atoms with E-state index in [1.54, 1.807) is 6.20 Å². The van der Waals surface area contributed by atoms with Crippen LogP contribution in [0, 0.1) is 6.92 Å². The van der Waals surface area contributed by atoms with Gasteiger partial charge < -0.3 is 10.0 Å². The second-order valence-corrected chi connectivity index (χ2v) is 7.11. The summed E-state index contributed by atoms with van der Waals surface area (Å²) >= 11 is 0. The van der Waals surface area contributed by atoms with E-state index >= 15 is 0 Å². The molecule has 1 saturated heterocycles. The summed E-state index contributed by atoms with van der Waals surface area (Å²) in [5.41, 5.74) is 1.30. The zero-order valence-electron chi connectivity index (χ0n) is 13.8. The number of carbonyl (C=O) groups is 1. The van der Waals surface area contributed by atoms with E-state index in [1.807, 2.05) is 17.0 Å². The number of hydrogen-bond donors (Lipinski definition) is 2. The van der Waals surface area contributed by atoms with Crippen LogP contribution in [0.25, 0.3) is 0 Å². The Kier molecular flexibility index (Phi) is 3.46. The molecule has 1 aromatic carbocycles. The van der Waals surface area contributed by atoms with Crippen LogP contribution in [-0.4, -0.2) is 44.4 Å². The molecule has 1 atom stereocenters. The average Bonchev–Trinajstić information content (AvgIpc) is 3.18. The molecule has 0 spiro atoms. The normalized spacial score (nSPS) is 25.5. The molecule has 1 saturated carbocycles. The van der Waals surface area contributed by atoms with Gasteiger partial charge in [0.15, 0.2) is 0 Å². The largest absolute Gasteiger partial charge is 0.382 e. The van der Waals surface area contributed by atoms with E-state index < -0.39 is 11.0 Å². The lowest BCUT2D eigenvalue weighted by molar-refractivity contribution is -0.141. The number of aromatic amines is 1. The molecule has 0 radical (unpaired) electrons. The number of nitrogens with zero attached hydrogens (tertiary/aromatic N) is 3. The van der Waals surface area contributed by atoms with Crippen molar-refractivity contribution < 1.29 is 9.90 Å². The van der Waals surface area contributed by atoms with Crippen LogP contribution in [0.4, 0.5) is 0 Å². The van der Waals surface area contributed by atoms with E-state index in [4.69, 9.17) is 0 Å². The molecule has 2 aliphatic rings. The summed E-state index contributed by atoms with van der Waals surface area (Å²) in [6.07, 6.45) is 4.67. The van der Waals surface area contributed by atoms with Crippen LogP contribution in [0.2, 0.25) is 0 Å².